The molecule has 0 bridgehead atoms. The number of aryl methyl sites for hydroxylation is 1. The summed E-state index contributed by atoms with van der Waals surface area (Å²) in [6, 6.07) is 31.7. The van der Waals surface area contributed by atoms with Crippen LogP contribution in [0.25, 0.3) is 6.08 Å². The number of unbranched alkanes of at least 4 members (excludes halogenated alkanes) is 1. The van der Waals surface area contributed by atoms with Gasteiger partial charge >= 0.3 is 5.97 Å². The predicted octanol–water partition coefficient (Wildman–Crippen LogP) is 11.2. The molecular formula is C52H73NO5SSi2. The highest BCUT2D eigenvalue weighted by atomic mass is 32.1. The van der Waals surface area contributed by atoms with Crippen molar-refractivity contribution in [1.29, 1.82) is 0 Å². The Morgan fingerprint density at radius 3 is 1.82 bits per heavy atom. The second-order valence-corrected chi connectivity index (χ2v) is 28.1. The lowest BCUT2D eigenvalue weighted by atomic mass is 9.71. The molecule has 0 aliphatic carbocycles. The van der Waals surface area contributed by atoms with Gasteiger partial charge in [0.2, 0.25) is 0 Å². The summed E-state index contributed by atoms with van der Waals surface area (Å²) in [4.78, 5) is 18.6. The van der Waals surface area contributed by atoms with Crippen LogP contribution in [0.4, 0.5) is 0 Å². The van der Waals surface area contributed by atoms with Gasteiger partial charge in [-0.15, -0.1) is 24.5 Å². The highest BCUT2D eigenvalue weighted by molar-refractivity contribution is 7.09. The molecule has 3 aromatic carbocycles. The second-order valence-electron chi connectivity index (χ2n) is 18.9. The van der Waals surface area contributed by atoms with Gasteiger partial charge in [0, 0.05) is 23.1 Å². The number of esters is 1. The smallest absolute Gasteiger partial charge is 0.309 e. The van der Waals surface area contributed by atoms with Gasteiger partial charge in [0.05, 0.1) is 35.4 Å². The lowest BCUT2D eigenvalue weighted by molar-refractivity contribution is -0.154. The first-order valence-corrected chi connectivity index (χ1v) is 27.7. The van der Waals surface area contributed by atoms with E-state index in [4.69, 9.17) is 13.6 Å². The lowest BCUT2D eigenvalue weighted by Crippen LogP contribution is -2.72. The largest absolute Gasteiger partial charge is 0.457 e. The first-order valence-electron chi connectivity index (χ1n) is 22.0. The highest BCUT2D eigenvalue weighted by Crippen LogP contribution is 2.44. The van der Waals surface area contributed by atoms with Crippen molar-refractivity contribution < 1.29 is 23.5 Å². The highest BCUT2D eigenvalue weighted by Gasteiger charge is 2.53. The van der Waals surface area contributed by atoms with Gasteiger partial charge in [0.15, 0.2) is 8.32 Å². The molecule has 0 fully saturated rings. The molecule has 0 aliphatic heterocycles. The molecule has 4 aromatic rings. The summed E-state index contributed by atoms with van der Waals surface area (Å²) in [5, 5.41) is 18.8. The summed E-state index contributed by atoms with van der Waals surface area (Å²) >= 11 is 1.58. The number of nitrogens with zero attached hydrogens (tertiary/aromatic N) is 1. The fraction of sp³-hybridized carbons (Fsp3) is 0.462. The monoisotopic (exact) mass is 879 g/mol. The van der Waals surface area contributed by atoms with Crippen molar-refractivity contribution in [2.75, 3.05) is 0 Å². The molecule has 330 valence electrons. The number of aliphatic hydroxyl groups excluding tert-OH is 1. The van der Waals surface area contributed by atoms with Crippen LogP contribution in [-0.4, -0.2) is 57.1 Å². The summed E-state index contributed by atoms with van der Waals surface area (Å²) in [5.41, 5.74) is 0.723. The van der Waals surface area contributed by atoms with Crippen LogP contribution in [0.2, 0.25) is 18.1 Å². The summed E-state index contributed by atoms with van der Waals surface area (Å²) in [7, 11) is -5.68. The predicted molar refractivity (Wildman–Crippen MR) is 263 cm³/mol. The molecule has 0 amide bonds. The van der Waals surface area contributed by atoms with E-state index in [2.05, 4.69) is 152 Å². The molecule has 61 heavy (non-hydrogen) atoms. The van der Waals surface area contributed by atoms with Crippen LogP contribution in [0.3, 0.4) is 0 Å². The fourth-order valence-corrected chi connectivity index (χ4v) is 14.4. The van der Waals surface area contributed by atoms with Gasteiger partial charge in [0.25, 0.3) is 8.32 Å². The van der Waals surface area contributed by atoms with Crippen LogP contribution < -0.4 is 15.6 Å². The van der Waals surface area contributed by atoms with Crippen molar-refractivity contribution in [1.82, 2.24) is 4.98 Å². The van der Waals surface area contributed by atoms with Crippen LogP contribution >= 0.6 is 11.3 Å². The maximum atomic E-state index is 14.1. The zero-order chi connectivity index (χ0) is 45.0. The van der Waals surface area contributed by atoms with Crippen molar-refractivity contribution >= 4 is 55.6 Å². The van der Waals surface area contributed by atoms with E-state index in [-0.39, 0.29) is 29.4 Å². The van der Waals surface area contributed by atoms with E-state index >= 15 is 0 Å². The SMILES string of the molecule is C=CCCC[C@H](C)[C@H](O[Si](C)(C)C(C)(C)C)[C@@H](C)[C@@H](O[Si](c1ccccc1)(c1ccccc1)c1ccccc1)C(C)(C)[C@@H](O)CC(=O)O[C@@H](CC=C)/C(C)=C\c1csc(C)n1. The normalized spacial score (nSPS) is 15.9. The Labute approximate surface area is 374 Å². The van der Waals surface area contributed by atoms with Crippen molar-refractivity contribution in [2.45, 2.75) is 137 Å². The van der Waals surface area contributed by atoms with Gasteiger partial charge in [-0.2, -0.15) is 0 Å². The van der Waals surface area contributed by atoms with Gasteiger partial charge in [-0.1, -0.05) is 152 Å². The third-order valence-corrected chi connectivity index (χ3v) is 22.1. The lowest BCUT2D eigenvalue weighted by Gasteiger charge is -2.51. The number of thiazole rings is 1. The molecule has 0 unspecified atom stereocenters. The van der Waals surface area contributed by atoms with Crippen LogP contribution in [0, 0.1) is 24.2 Å². The number of aliphatic hydroxyl groups is 1. The van der Waals surface area contributed by atoms with Gasteiger partial charge in [0.1, 0.15) is 6.10 Å². The number of benzene rings is 3. The minimum atomic E-state index is -3.35. The quantitative estimate of drug-likeness (QED) is 0.0263. The molecule has 1 aromatic heterocycles. The molecule has 0 spiro atoms. The topological polar surface area (TPSA) is 77.9 Å². The van der Waals surface area contributed by atoms with E-state index in [9.17, 15) is 9.90 Å². The summed E-state index contributed by atoms with van der Waals surface area (Å²) in [6.07, 6.45) is 6.34. The van der Waals surface area contributed by atoms with Crippen LogP contribution in [0.15, 0.2) is 127 Å². The minimum Gasteiger partial charge on any atom is -0.457 e. The van der Waals surface area contributed by atoms with Crippen LogP contribution in [0.5, 0.6) is 0 Å². The van der Waals surface area contributed by atoms with Crippen molar-refractivity contribution in [3.8, 4) is 0 Å². The average molecular weight is 880 g/mol. The number of rotatable bonds is 23. The van der Waals surface area contributed by atoms with Crippen molar-refractivity contribution in [3.05, 3.63) is 138 Å². The summed E-state index contributed by atoms with van der Waals surface area (Å²) in [5.74, 6) is -0.521. The van der Waals surface area contributed by atoms with Gasteiger partial charge in [-0.3, -0.25) is 4.79 Å². The number of allylic oxidation sites excluding steroid dienone is 1. The minimum absolute atomic E-state index is 0.0373. The van der Waals surface area contributed by atoms with Crippen molar-refractivity contribution in [2.24, 2.45) is 17.3 Å². The zero-order valence-corrected chi connectivity index (χ0v) is 41.6. The van der Waals surface area contributed by atoms with Gasteiger partial charge in [-0.25, -0.2) is 4.98 Å². The molecule has 0 aliphatic rings. The third kappa shape index (κ3) is 12.7. The Morgan fingerprint density at radius 2 is 1.38 bits per heavy atom. The molecule has 9 heteroatoms. The van der Waals surface area contributed by atoms with Gasteiger partial charge < -0.3 is 18.7 Å². The molecule has 0 radical (unpaired) electrons. The number of carbonyl (C=O) groups is 1. The van der Waals surface area contributed by atoms with E-state index in [1.165, 1.54) is 0 Å². The molecule has 6 atom stereocenters. The molecule has 6 nitrogen and oxygen atoms in total. The maximum absolute atomic E-state index is 14.1. The molecular weight excluding hydrogens is 807 g/mol. The standard InChI is InChI=1S/C52H73NO5SSi2/c1-14-16-20-28-38(3)49(57-60(12,13)51(7,8)9)40(5)50(52(10,11)47(54)36-48(55)56-46(27-15-2)39(4)35-42-37-59-41(6)53-42)58-61(43-29-21-17-22-30-43,44-31-23-18-24-32-44)45-33-25-19-26-34-45/h14-15,17-19,21-26,29-35,37-38,40,46-47,49-50,54H,1-2,16,20,27-28,36H2,3-13H3/b39-35-/t38-,40+,46-,47-,49-,50+/m0/s1. The number of hydrogen-bond donors (Lipinski definition) is 1. The second kappa shape index (κ2) is 22.1. The Bertz CT molecular complexity index is 1910. The van der Waals surface area contributed by atoms with E-state index < -0.39 is 46.3 Å². The van der Waals surface area contributed by atoms with Crippen LogP contribution in [0.1, 0.15) is 98.2 Å². The third-order valence-electron chi connectivity index (χ3n) is 12.8. The van der Waals surface area contributed by atoms with E-state index in [1.54, 1.807) is 17.4 Å². The molecule has 1 heterocycles. The first kappa shape index (κ1) is 49.9. The fourth-order valence-electron chi connectivity index (χ4n) is 8.10. The first-order chi connectivity index (χ1) is 28.8. The van der Waals surface area contributed by atoms with Crippen LogP contribution in [-0.2, 0) is 18.4 Å². The zero-order valence-electron chi connectivity index (χ0n) is 38.8. The maximum Gasteiger partial charge on any atom is 0.309 e. The summed E-state index contributed by atoms with van der Waals surface area (Å²) in [6.45, 7) is 32.0. The molecule has 4 rings (SSSR count). The van der Waals surface area contributed by atoms with Crippen molar-refractivity contribution in [3.63, 3.8) is 0 Å². The Kier molecular flexibility index (Phi) is 18.1. The Morgan fingerprint density at radius 1 is 0.852 bits per heavy atom. The number of carbonyl (C=O) groups excluding carboxylic acids is 1. The number of hydrogen-bond acceptors (Lipinski definition) is 7. The molecule has 0 saturated heterocycles. The Hall–Kier alpha value is -3.71. The van der Waals surface area contributed by atoms with E-state index in [0.29, 0.717) is 6.42 Å². The Balaban J connectivity index is 1.90. The average Bonchev–Trinajstić information content (AvgIpc) is 3.64. The molecule has 0 saturated carbocycles. The van der Waals surface area contributed by atoms with E-state index in [0.717, 1.165) is 51.1 Å². The molecule has 1 N–H and O–H groups in total. The van der Waals surface area contributed by atoms with E-state index in [1.807, 2.05) is 49.6 Å². The number of ether oxygens (including phenoxy) is 1. The van der Waals surface area contributed by atoms with Gasteiger partial charge in [-0.05, 0) is 84.4 Å². The summed E-state index contributed by atoms with van der Waals surface area (Å²) < 4.78 is 21.8. The number of aromatic nitrogens is 1.